The fraction of sp³-hybridized carbons (Fsp3) is 0.526. The molecule has 0 N–H and O–H groups in total. The van der Waals surface area contributed by atoms with Crippen molar-refractivity contribution in [3.05, 3.63) is 29.3 Å². The Balaban J connectivity index is 1.22. The van der Waals surface area contributed by atoms with Gasteiger partial charge in [-0.15, -0.1) is 11.3 Å². The zero-order valence-electron chi connectivity index (χ0n) is 14.3. The number of fused-ring (bicyclic) bond motifs is 1. The topological polar surface area (TPSA) is 53.5 Å². The first-order chi connectivity index (χ1) is 12.2. The van der Waals surface area contributed by atoms with E-state index in [0.29, 0.717) is 38.5 Å². The molecule has 2 aromatic rings. The zero-order valence-corrected chi connectivity index (χ0v) is 15.1. The first kappa shape index (κ1) is 16.5. The van der Waals surface area contributed by atoms with E-state index < -0.39 is 0 Å². The molecule has 4 rings (SSSR count). The summed E-state index contributed by atoms with van der Waals surface area (Å²) in [6, 6.07) is 8.15. The molecule has 0 atom stereocenters. The Hall–Kier alpha value is -1.95. The van der Waals surface area contributed by atoms with Gasteiger partial charge >= 0.3 is 0 Å². The summed E-state index contributed by atoms with van der Waals surface area (Å²) in [6.07, 6.45) is 4.34. The third-order valence-corrected chi connectivity index (χ3v) is 6.09. The fourth-order valence-corrected chi connectivity index (χ4v) is 4.35. The van der Waals surface area contributed by atoms with Crippen molar-refractivity contribution in [1.29, 1.82) is 0 Å². The third kappa shape index (κ3) is 3.84. The number of aromatic nitrogens is 1. The number of amides is 2. The average molecular weight is 357 g/mol. The summed E-state index contributed by atoms with van der Waals surface area (Å²) < 4.78 is 1.21. The number of thiazole rings is 1. The van der Waals surface area contributed by atoms with Crippen molar-refractivity contribution in [1.82, 2.24) is 14.8 Å². The smallest absolute Gasteiger partial charge is 0.225 e. The number of nitrogens with zero attached hydrogens (tertiary/aromatic N) is 3. The van der Waals surface area contributed by atoms with Gasteiger partial charge in [-0.1, -0.05) is 12.1 Å². The van der Waals surface area contributed by atoms with Crippen molar-refractivity contribution < 1.29 is 9.59 Å². The Labute approximate surface area is 151 Å². The summed E-state index contributed by atoms with van der Waals surface area (Å²) in [5.41, 5.74) is 1.05. The highest BCUT2D eigenvalue weighted by Crippen LogP contribution is 2.31. The maximum Gasteiger partial charge on any atom is 0.225 e. The second-order valence-electron chi connectivity index (χ2n) is 6.91. The molecular formula is C19H23N3O2S. The standard InChI is InChI=1S/C19H23N3O2S/c23-18(21-10-12-22(13-11-21)19(24)14-8-9-14)7-3-6-17-20-15-4-1-2-5-16(15)25-17/h1-2,4-5,14H,3,6-13H2. The summed E-state index contributed by atoms with van der Waals surface area (Å²) in [7, 11) is 0. The van der Waals surface area contributed by atoms with Crippen LogP contribution in [-0.2, 0) is 16.0 Å². The van der Waals surface area contributed by atoms with Crippen LogP contribution in [-0.4, -0.2) is 52.8 Å². The fourth-order valence-electron chi connectivity index (χ4n) is 3.34. The van der Waals surface area contributed by atoms with Crippen molar-refractivity contribution in [2.75, 3.05) is 26.2 Å². The van der Waals surface area contributed by atoms with Gasteiger partial charge in [0.15, 0.2) is 0 Å². The van der Waals surface area contributed by atoms with Crippen molar-refractivity contribution in [3.8, 4) is 0 Å². The number of rotatable bonds is 5. The molecular weight excluding hydrogens is 334 g/mol. The van der Waals surface area contributed by atoms with E-state index in [1.54, 1.807) is 11.3 Å². The Morgan fingerprint density at radius 1 is 1.08 bits per heavy atom. The van der Waals surface area contributed by atoms with Crippen LogP contribution < -0.4 is 0 Å². The van der Waals surface area contributed by atoms with E-state index in [1.807, 2.05) is 28.0 Å². The molecule has 0 bridgehead atoms. The van der Waals surface area contributed by atoms with Crippen molar-refractivity contribution in [2.45, 2.75) is 32.1 Å². The van der Waals surface area contributed by atoms with Gasteiger partial charge < -0.3 is 9.80 Å². The Bertz CT molecular complexity index is 743. The van der Waals surface area contributed by atoms with Crippen LogP contribution >= 0.6 is 11.3 Å². The molecule has 1 aromatic carbocycles. The summed E-state index contributed by atoms with van der Waals surface area (Å²) in [6.45, 7) is 2.74. The quantitative estimate of drug-likeness (QED) is 0.827. The predicted octanol–water partition coefficient (Wildman–Crippen LogP) is 2.70. The van der Waals surface area contributed by atoms with Crippen LogP contribution in [0, 0.1) is 5.92 Å². The van der Waals surface area contributed by atoms with Crippen molar-refractivity contribution >= 4 is 33.4 Å². The van der Waals surface area contributed by atoms with Crippen molar-refractivity contribution in [2.24, 2.45) is 5.92 Å². The molecule has 1 aliphatic heterocycles. The molecule has 0 radical (unpaired) electrons. The molecule has 132 valence electrons. The van der Waals surface area contributed by atoms with Gasteiger partial charge in [-0.2, -0.15) is 0 Å². The molecule has 1 aromatic heterocycles. The second kappa shape index (κ2) is 7.12. The van der Waals surface area contributed by atoms with Crippen LogP contribution in [0.1, 0.15) is 30.7 Å². The zero-order chi connectivity index (χ0) is 17.2. The number of aryl methyl sites for hydroxylation is 1. The van der Waals surface area contributed by atoms with Gasteiger partial charge in [0.2, 0.25) is 11.8 Å². The minimum atomic E-state index is 0.208. The van der Waals surface area contributed by atoms with E-state index in [4.69, 9.17) is 0 Å². The molecule has 25 heavy (non-hydrogen) atoms. The molecule has 1 saturated carbocycles. The number of benzene rings is 1. The maximum atomic E-state index is 12.4. The van der Waals surface area contributed by atoms with E-state index in [-0.39, 0.29) is 11.8 Å². The molecule has 2 heterocycles. The van der Waals surface area contributed by atoms with Gasteiger partial charge in [-0.25, -0.2) is 4.98 Å². The number of para-hydroxylation sites is 1. The minimum Gasteiger partial charge on any atom is -0.339 e. The highest BCUT2D eigenvalue weighted by Gasteiger charge is 2.35. The van der Waals surface area contributed by atoms with Crippen LogP contribution in [0.2, 0.25) is 0 Å². The highest BCUT2D eigenvalue weighted by atomic mass is 32.1. The lowest BCUT2D eigenvalue weighted by Crippen LogP contribution is -2.51. The number of piperazine rings is 1. The van der Waals surface area contributed by atoms with Crippen LogP contribution in [0.4, 0.5) is 0 Å². The lowest BCUT2D eigenvalue weighted by molar-refractivity contribution is -0.140. The predicted molar refractivity (Wildman–Crippen MR) is 98.4 cm³/mol. The van der Waals surface area contributed by atoms with Crippen LogP contribution in [0.15, 0.2) is 24.3 Å². The Morgan fingerprint density at radius 3 is 2.52 bits per heavy atom. The minimum absolute atomic E-state index is 0.208. The number of carbonyl (C=O) groups is 2. The van der Waals surface area contributed by atoms with E-state index in [0.717, 1.165) is 36.2 Å². The molecule has 2 amide bonds. The Morgan fingerprint density at radius 2 is 1.80 bits per heavy atom. The van der Waals surface area contributed by atoms with E-state index >= 15 is 0 Å². The summed E-state index contributed by atoms with van der Waals surface area (Å²) in [5, 5.41) is 1.11. The molecule has 5 nitrogen and oxygen atoms in total. The van der Waals surface area contributed by atoms with Gasteiger partial charge in [0.1, 0.15) is 0 Å². The highest BCUT2D eigenvalue weighted by molar-refractivity contribution is 7.18. The molecule has 1 saturated heterocycles. The van der Waals surface area contributed by atoms with Crippen LogP contribution in [0.3, 0.4) is 0 Å². The van der Waals surface area contributed by atoms with Gasteiger partial charge in [0.05, 0.1) is 15.2 Å². The number of carbonyl (C=O) groups excluding carboxylic acids is 2. The average Bonchev–Trinajstić information content (AvgIpc) is 3.41. The lowest BCUT2D eigenvalue weighted by Gasteiger charge is -2.35. The van der Waals surface area contributed by atoms with Crippen LogP contribution in [0.25, 0.3) is 10.2 Å². The number of hydrogen-bond acceptors (Lipinski definition) is 4. The first-order valence-electron chi connectivity index (χ1n) is 9.12. The van der Waals surface area contributed by atoms with E-state index in [2.05, 4.69) is 11.1 Å². The second-order valence-corrected chi connectivity index (χ2v) is 8.02. The summed E-state index contributed by atoms with van der Waals surface area (Å²) >= 11 is 1.72. The SMILES string of the molecule is O=C(CCCc1nc2ccccc2s1)N1CCN(C(=O)C2CC2)CC1. The largest absolute Gasteiger partial charge is 0.339 e. The molecule has 1 aliphatic carbocycles. The van der Waals surface area contributed by atoms with Gasteiger partial charge in [0, 0.05) is 38.5 Å². The lowest BCUT2D eigenvalue weighted by atomic mass is 10.2. The third-order valence-electron chi connectivity index (χ3n) is 4.99. The molecule has 2 fully saturated rings. The number of hydrogen-bond donors (Lipinski definition) is 0. The molecule has 0 unspecified atom stereocenters. The molecule has 2 aliphatic rings. The normalized spacial score (nSPS) is 17.9. The molecule has 6 heteroatoms. The maximum absolute atomic E-state index is 12.4. The van der Waals surface area contributed by atoms with E-state index in [1.165, 1.54) is 4.70 Å². The van der Waals surface area contributed by atoms with E-state index in [9.17, 15) is 9.59 Å². The van der Waals surface area contributed by atoms with Gasteiger partial charge in [0.25, 0.3) is 0 Å². The molecule has 0 spiro atoms. The first-order valence-corrected chi connectivity index (χ1v) is 9.93. The van der Waals surface area contributed by atoms with Gasteiger partial charge in [-0.3, -0.25) is 9.59 Å². The monoisotopic (exact) mass is 357 g/mol. The summed E-state index contributed by atoms with van der Waals surface area (Å²) in [4.78, 5) is 32.9. The Kier molecular flexibility index (Phi) is 4.70. The van der Waals surface area contributed by atoms with Crippen LogP contribution in [0.5, 0.6) is 0 Å². The summed E-state index contributed by atoms with van der Waals surface area (Å²) in [5.74, 6) is 0.777. The van der Waals surface area contributed by atoms with Gasteiger partial charge in [-0.05, 0) is 37.8 Å². The van der Waals surface area contributed by atoms with Crippen molar-refractivity contribution in [3.63, 3.8) is 0 Å².